The Kier molecular flexibility index (Phi) is 13.0. The molecule has 3 amide bonds. The van der Waals surface area contributed by atoms with Gasteiger partial charge in [0.2, 0.25) is 11.8 Å². The lowest BCUT2D eigenvalue weighted by Gasteiger charge is -2.39. The Morgan fingerprint density at radius 2 is 1.71 bits per heavy atom. The van der Waals surface area contributed by atoms with Crippen LogP contribution in [0, 0.1) is 11.8 Å². The number of hydrogen-bond donors (Lipinski definition) is 2. The molecule has 12 nitrogen and oxygen atoms in total. The third-order valence-electron chi connectivity index (χ3n) is 11.1. The van der Waals surface area contributed by atoms with Gasteiger partial charge < -0.3 is 39.2 Å². The van der Waals surface area contributed by atoms with E-state index in [1.165, 1.54) is 12.0 Å². The van der Waals surface area contributed by atoms with Crippen LogP contribution in [0.3, 0.4) is 0 Å². The Labute approximate surface area is 328 Å². The van der Waals surface area contributed by atoms with Crippen molar-refractivity contribution in [2.75, 3.05) is 38.9 Å². The summed E-state index contributed by atoms with van der Waals surface area (Å²) in [5.74, 6) is -3.35. The molecule has 0 aliphatic carbocycles. The lowest BCUT2D eigenvalue weighted by molar-refractivity contribution is -0.163. The van der Waals surface area contributed by atoms with Crippen LogP contribution < -0.4 is 15.0 Å². The van der Waals surface area contributed by atoms with Crippen molar-refractivity contribution in [2.45, 2.75) is 68.0 Å². The highest BCUT2D eigenvalue weighted by Crippen LogP contribution is 2.59. The molecule has 0 saturated carbocycles. The fourth-order valence-corrected chi connectivity index (χ4v) is 8.66. The van der Waals surface area contributed by atoms with Gasteiger partial charge in [-0.1, -0.05) is 72.8 Å². The largest absolute Gasteiger partial charge is 0.497 e. The summed E-state index contributed by atoms with van der Waals surface area (Å²) in [6, 6.07) is 22.7. The van der Waals surface area contributed by atoms with Gasteiger partial charge in [-0.3, -0.25) is 19.2 Å². The van der Waals surface area contributed by atoms with E-state index in [0.29, 0.717) is 36.3 Å². The molecule has 0 unspecified atom stereocenters. The molecule has 3 saturated heterocycles. The van der Waals surface area contributed by atoms with Crippen molar-refractivity contribution in [3.63, 3.8) is 0 Å². The summed E-state index contributed by atoms with van der Waals surface area (Å²) in [5, 5.41) is 13.9. The molecular formula is C44H51N3O9. The molecule has 3 fully saturated rings. The summed E-state index contributed by atoms with van der Waals surface area (Å²) in [7, 11) is 3.05. The molecule has 56 heavy (non-hydrogen) atoms. The number of nitrogens with zero attached hydrogens (tertiary/aromatic N) is 2. The fourth-order valence-electron chi connectivity index (χ4n) is 8.66. The average molecular weight is 766 g/mol. The number of aliphatic hydroxyl groups excluding tert-OH is 1. The Balaban J connectivity index is 1.39. The molecule has 0 radical (unpaired) electrons. The van der Waals surface area contributed by atoms with E-state index >= 15 is 9.59 Å². The number of esters is 1. The smallest absolute Gasteiger partial charge is 0.313 e. The van der Waals surface area contributed by atoms with Crippen LogP contribution in [0.25, 0.3) is 0 Å². The van der Waals surface area contributed by atoms with Crippen molar-refractivity contribution in [1.29, 1.82) is 0 Å². The van der Waals surface area contributed by atoms with Gasteiger partial charge in [-0.15, -0.1) is 13.2 Å². The highest BCUT2D eigenvalue weighted by atomic mass is 16.6. The number of ether oxygens (including phenoxy) is 4. The maximum atomic E-state index is 15.1. The first-order valence-corrected chi connectivity index (χ1v) is 19.1. The molecule has 3 aliphatic rings. The van der Waals surface area contributed by atoms with E-state index in [1.807, 2.05) is 48.5 Å². The third kappa shape index (κ3) is 8.00. The van der Waals surface area contributed by atoms with Gasteiger partial charge in [0.05, 0.1) is 50.3 Å². The minimum Gasteiger partial charge on any atom is -0.497 e. The minimum atomic E-state index is -1.38. The first-order valence-electron chi connectivity index (χ1n) is 19.1. The highest BCUT2D eigenvalue weighted by Gasteiger charge is 2.76. The maximum Gasteiger partial charge on any atom is 0.313 e. The number of hydrogen-bond acceptors (Lipinski definition) is 9. The van der Waals surface area contributed by atoms with E-state index in [9.17, 15) is 14.7 Å². The molecule has 3 heterocycles. The van der Waals surface area contributed by atoms with Crippen LogP contribution in [0.4, 0.5) is 5.69 Å². The van der Waals surface area contributed by atoms with Crippen molar-refractivity contribution >= 4 is 29.4 Å². The second-order valence-electron chi connectivity index (χ2n) is 14.5. The fraction of sp³-hybridized carbons (Fsp3) is 0.409. The summed E-state index contributed by atoms with van der Waals surface area (Å²) in [5.41, 5.74) is 0.663. The molecule has 2 bridgehead atoms. The minimum absolute atomic E-state index is 0.0378. The second-order valence-corrected chi connectivity index (χ2v) is 14.5. The van der Waals surface area contributed by atoms with Gasteiger partial charge in [-0.2, -0.15) is 0 Å². The highest BCUT2D eigenvalue weighted by molar-refractivity contribution is 6.05. The van der Waals surface area contributed by atoms with Crippen LogP contribution in [0.5, 0.6) is 5.75 Å². The zero-order valence-electron chi connectivity index (χ0n) is 32.0. The van der Waals surface area contributed by atoms with Crippen LogP contribution in [0.15, 0.2) is 110 Å². The molecule has 3 aromatic rings. The third-order valence-corrected chi connectivity index (χ3v) is 11.1. The number of amides is 3. The SMILES string of the molecule is C=CCCC(=O)N[C@@H](COC)[C@@H](OC(=O)[C@@H]1[C@@H]2CC[C@]3(O2)[C@H](C(=O)N(CC=C)c2ccc(OC)cc2)N([C@@H](CO)Cc2ccccc2)C(=O)[C@@H]13)c1ccccc1. The van der Waals surface area contributed by atoms with Crippen molar-refractivity contribution in [3.05, 3.63) is 121 Å². The number of likely N-dealkylation sites (tertiary alicyclic amines) is 1. The van der Waals surface area contributed by atoms with E-state index in [4.69, 9.17) is 18.9 Å². The molecule has 3 aliphatic heterocycles. The first-order chi connectivity index (χ1) is 27.2. The van der Waals surface area contributed by atoms with Gasteiger partial charge in [0.15, 0.2) is 0 Å². The molecule has 6 rings (SSSR count). The van der Waals surface area contributed by atoms with Gasteiger partial charge >= 0.3 is 5.97 Å². The number of anilines is 1. The predicted molar refractivity (Wildman–Crippen MR) is 210 cm³/mol. The molecule has 1 spiro atoms. The Morgan fingerprint density at radius 3 is 2.34 bits per heavy atom. The standard InChI is InChI=1S/C44H51N3O9/c1-5-7-18-36(49)45-34(28-53-3)39(30-16-12-9-13-17-30)55-43(52)37-35-23-24-44(56-35)38(37)41(50)47(32(27-48)26-29-14-10-8-11-15-29)40(44)42(51)46(25-6-2)31-19-21-33(54-4)22-20-31/h5-6,8-17,19-22,32,34-35,37-40,48H,1-2,7,18,23-28H2,3-4H3,(H,45,49)/t32-,34+,35+,37-,38-,39+,40+,44-/m1/s1. The molecule has 8 atom stereocenters. The summed E-state index contributed by atoms with van der Waals surface area (Å²) in [6.07, 6.45) is 3.24. The van der Waals surface area contributed by atoms with Crippen molar-refractivity contribution < 1.29 is 43.2 Å². The number of fused-ring (bicyclic) bond motifs is 1. The topological polar surface area (TPSA) is 144 Å². The van der Waals surface area contributed by atoms with Crippen LogP contribution in [0.1, 0.15) is 42.9 Å². The quantitative estimate of drug-likeness (QED) is 0.133. The van der Waals surface area contributed by atoms with Gasteiger partial charge in [0.25, 0.3) is 5.91 Å². The number of aliphatic hydroxyl groups is 1. The molecule has 0 aromatic heterocycles. The predicted octanol–water partition coefficient (Wildman–Crippen LogP) is 4.57. The Hall–Kier alpha value is -5.30. The number of allylic oxidation sites excluding steroid dienone is 1. The summed E-state index contributed by atoms with van der Waals surface area (Å²) in [6.45, 7) is 7.33. The first kappa shape index (κ1) is 40.4. The summed E-state index contributed by atoms with van der Waals surface area (Å²) >= 11 is 0. The molecule has 12 heteroatoms. The monoisotopic (exact) mass is 765 g/mol. The van der Waals surface area contributed by atoms with E-state index in [0.717, 1.165) is 5.56 Å². The Morgan fingerprint density at radius 1 is 1.02 bits per heavy atom. The number of methoxy groups -OCH3 is 2. The molecule has 2 N–H and O–H groups in total. The van der Waals surface area contributed by atoms with Crippen LogP contribution in [-0.4, -0.2) is 97.5 Å². The zero-order chi connectivity index (χ0) is 39.8. The average Bonchev–Trinajstić information content (AvgIpc) is 3.88. The van der Waals surface area contributed by atoms with Crippen molar-refractivity contribution in [3.8, 4) is 5.75 Å². The van der Waals surface area contributed by atoms with E-state index in [1.54, 1.807) is 60.6 Å². The maximum absolute atomic E-state index is 15.1. The number of benzene rings is 3. The Bertz CT molecular complexity index is 1860. The van der Waals surface area contributed by atoms with Crippen LogP contribution in [-0.2, 0) is 39.8 Å². The number of rotatable bonds is 19. The lowest BCUT2D eigenvalue weighted by atomic mass is 9.70. The van der Waals surface area contributed by atoms with Crippen molar-refractivity contribution in [1.82, 2.24) is 10.2 Å². The lowest BCUT2D eigenvalue weighted by Crippen LogP contribution is -2.59. The van der Waals surface area contributed by atoms with E-state index < -0.39 is 72.2 Å². The summed E-state index contributed by atoms with van der Waals surface area (Å²) < 4.78 is 24.0. The van der Waals surface area contributed by atoms with Gasteiger partial charge in [0, 0.05) is 25.8 Å². The number of carbonyl (C=O) groups is 4. The van der Waals surface area contributed by atoms with Gasteiger partial charge in [-0.05, 0) is 61.1 Å². The van der Waals surface area contributed by atoms with Crippen LogP contribution in [0.2, 0.25) is 0 Å². The second kappa shape index (κ2) is 18.1. The molecular weight excluding hydrogens is 714 g/mol. The van der Waals surface area contributed by atoms with Gasteiger partial charge in [0.1, 0.15) is 23.5 Å². The molecule has 296 valence electrons. The zero-order valence-corrected chi connectivity index (χ0v) is 32.0. The van der Waals surface area contributed by atoms with Crippen molar-refractivity contribution in [2.24, 2.45) is 11.8 Å². The molecule has 3 aromatic carbocycles. The van der Waals surface area contributed by atoms with Crippen LogP contribution >= 0.6 is 0 Å². The van der Waals surface area contributed by atoms with E-state index in [-0.39, 0.29) is 31.9 Å². The normalized spacial score (nSPS) is 23.8. The number of nitrogens with one attached hydrogen (secondary N) is 1. The van der Waals surface area contributed by atoms with Gasteiger partial charge in [-0.25, -0.2) is 0 Å². The summed E-state index contributed by atoms with van der Waals surface area (Å²) in [4.78, 5) is 60.9. The van der Waals surface area contributed by atoms with E-state index in [2.05, 4.69) is 18.5 Å². The number of carbonyl (C=O) groups excluding carboxylic acids is 4.